The average molecular weight is 278 g/mol. The molecule has 1 aromatic heterocycles. The van der Waals surface area contributed by atoms with Gasteiger partial charge in [-0.1, -0.05) is 13.8 Å². The summed E-state index contributed by atoms with van der Waals surface area (Å²) in [5, 5.41) is 9.55. The van der Waals surface area contributed by atoms with Gasteiger partial charge in [0, 0.05) is 31.4 Å². The summed E-state index contributed by atoms with van der Waals surface area (Å²) in [4.78, 5) is 14.5. The monoisotopic (exact) mass is 278 g/mol. The molecule has 6 heteroatoms. The van der Waals surface area contributed by atoms with Crippen LogP contribution in [-0.4, -0.2) is 58.9 Å². The van der Waals surface area contributed by atoms with E-state index in [2.05, 4.69) is 34.3 Å². The molecule has 1 amide bonds. The number of ether oxygens (including phenoxy) is 1. The zero-order valence-corrected chi connectivity index (χ0v) is 12.0. The highest BCUT2D eigenvalue weighted by Gasteiger charge is 2.38. The minimum absolute atomic E-state index is 0.0510. The Morgan fingerprint density at radius 3 is 3.10 bits per heavy atom. The van der Waals surface area contributed by atoms with E-state index in [0.29, 0.717) is 23.6 Å². The minimum Gasteiger partial charge on any atom is -0.375 e. The van der Waals surface area contributed by atoms with Crippen LogP contribution in [-0.2, 0) is 4.74 Å². The normalized spacial score (nSPS) is 30.4. The summed E-state index contributed by atoms with van der Waals surface area (Å²) in [7, 11) is 0. The van der Waals surface area contributed by atoms with E-state index >= 15 is 0 Å². The summed E-state index contributed by atoms with van der Waals surface area (Å²) in [5.74, 6) is 0.487. The van der Waals surface area contributed by atoms with Gasteiger partial charge in [-0.15, -0.1) is 0 Å². The molecule has 2 aliphatic rings. The SMILES string of the molecule is CC(C)[C@H]1CN2C[C@@H](NC(=O)c3cn[nH]c3)C[C@H]2CO1. The standard InChI is InChI=1S/C14H22N4O2/c1-9(2)13-7-18-6-11(3-12(18)8-20-13)17-14(19)10-4-15-16-5-10/h4-5,9,11-13H,3,6-8H2,1-2H3,(H,15,16)(H,17,19)/t11-,12-,13+/m0/s1. The zero-order chi connectivity index (χ0) is 14.1. The van der Waals surface area contributed by atoms with Crippen LogP contribution >= 0.6 is 0 Å². The third kappa shape index (κ3) is 2.71. The van der Waals surface area contributed by atoms with Gasteiger partial charge < -0.3 is 10.1 Å². The molecule has 0 bridgehead atoms. The molecule has 1 aromatic rings. The summed E-state index contributed by atoms with van der Waals surface area (Å²) in [5.41, 5.74) is 0.589. The third-order valence-corrected chi connectivity index (χ3v) is 4.28. The lowest BCUT2D eigenvalue weighted by Gasteiger charge is -2.36. The Labute approximate surface area is 118 Å². The number of nitrogens with zero attached hydrogens (tertiary/aromatic N) is 2. The maximum absolute atomic E-state index is 12.0. The van der Waals surface area contributed by atoms with Crippen molar-refractivity contribution in [2.75, 3.05) is 19.7 Å². The second-order valence-electron chi connectivity index (χ2n) is 6.12. The maximum atomic E-state index is 12.0. The average Bonchev–Trinajstić information content (AvgIpc) is 3.06. The molecule has 3 atom stereocenters. The molecule has 0 saturated carbocycles. The van der Waals surface area contributed by atoms with E-state index in [1.165, 1.54) is 0 Å². The van der Waals surface area contributed by atoms with Gasteiger partial charge in [0.25, 0.3) is 5.91 Å². The first kappa shape index (κ1) is 13.6. The Kier molecular flexibility index (Phi) is 3.76. The summed E-state index contributed by atoms with van der Waals surface area (Å²) in [6.45, 7) is 7.06. The van der Waals surface area contributed by atoms with Gasteiger partial charge in [0.2, 0.25) is 0 Å². The number of nitrogens with one attached hydrogen (secondary N) is 2. The molecule has 3 heterocycles. The molecule has 0 spiro atoms. The highest BCUT2D eigenvalue weighted by atomic mass is 16.5. The zero-order valence-electron chi connectivity index (χ0n) is 12.0. The molecule has 0 radical (unpaired) electrons. The number of rotatable bonds is 3. The number of hydrogen-bond acceptors (Lipinski definition) is 4. The van der Waals surface area contributed by atoms with Crippen molar-refractivity contribution in [3.05, 3.63) is 18.0 Å². The number of aromatic amines is 1. The predicted octanol–water partition coefficient (Wildman–Crippen LogP) is 0.637. The molecule has 6 nitrogen and oxygen atoms in total. The molecule has 2 aliphatic heterocycles. The fourth-order valence-corrected chi connectivity index (χ4v) is 3.05. The smallest absolute Gasteiger partial charge is 0.254 e. The van der Waals surface area contributed by atoms with Crippen LogP contribution in [0, 0.1) is 5.92 Å². The molecule has 2 saturated heterocycles. The summed E-state index contributed by atoms with van der Waals surface area (Å²) in [6.07, 6.45) is 4.45. The lowest BCUT2D eigenvalue weighted by molar-refractivity contribution is -0.0683. The predicted molar refractivity (Wildman–Crippen MR) is 74.4 cm³/mol. The Balaban J connectivity index is 1.56. The van der Waals surface area contributed by atoms with Crippen molar-refractivity contribution >= 4 is 5.91 Å². The van der Waals surface area contributed by atoms with Crippen LogP contribution in [0.1, 0.15) is 30.6 Å². The first-order valence-electron chi connectivity index (χ1n) is 7.28. The van der Waals surface area contributed by atoms with Crippen LogP contribution in [0.15, 0.2) is 12.4 Å². The molecule has 2 fully saturated rings. The number of carbonyl (C=O) groups is 1. The number of hydrogen-bond donors (Lipinski definition) is 2. The van der Waals surface area contributed by atoms with Gasteiger partial charge in [0.1, 0.15) is 0 Å². The Morgan fingerprint density at radius 2 is 2.40 bits per heavy atom. The van der Waals surface area contributed by atoms with Gasteiger partial charge in [-0.2, -0.15) is 5.10 Å². The molecule has 20 heavy (non-hydrogen) atoms. The lowest BCUT2D eigenvalue weighted by Crippen LogP contribution is -2.48. The van der Waals surface area contributed by atoms with Gasteiger partial charge in [-0.05, 0) is 12.3 Å². The second kappa shape index (κ2) is 5.54. The van der Waals surface area contributed by atoms with Crippen LogP contribution in [0.3, 0.4) is 0 Å². The highest BCUT2D eigenvalue weighted by Crippen LogP contribution is 2.25. The first-order valence-corrected chi connectivity index (χ1v) is 7.28. The van der Waals surface area contributed by atoms with Crippen LogP contribution in [0.4, 0.5) is 0 Å². The third-order valence-electron chi connectivity index (χ3n) is 4.28. The van der Waals surface area contributed by atoms with E-state index in [1.54, 1.807) is 12.4 Å². The van der Waals surface area contributed by atoms with E-state index in [9.17, 15) is 4.79 Å². The Hall–Kier alpha value is -1.40. The number of carbonyl (C=O) groups excluding carboxylic acids is 1. The highest BCUT2D eigenvalue weighted by molar-refractivity contribution is 5.93. The van der Waals surface area contributed by atoms with Gasteiger partial charge in [-0.3, -0.25) is 14.8 Å². The largest absolute Gasteiger partial charge is 0.375 e. The van der Waals surface area contributed by atoms with Gasteiger partial charge in [-0.25, -0.2) is 0 Å². The molecule has 2 N–H and O–H groups in total. The number of aromatic nitrogens is 2. The van der Waals surface area contributed by atoms with Crippen LogP contribution in [0.5, 0.6) is 0 Å². The van der Waals surface area contributed by atoms with Crippen LogP contribution in [0.25, 0.3) is 0 Å². The van der Waals surface area contributed by atoms with Gasteiger partial charge in [0.05, 0.1) is 24.5 Å². The van der Waals surface area contributed by atoms with Crippen LogP contribution in [0.2, 0.25) is 0 Å². The van der Waals surface area contributed by atoms with Crippen molar-refractivity contribution < 1.29 is 9.53 Å². The van der Waals surface area contributed by atoms with E-state index in [4.69, 9.17) is 4.74 Å². The summed E-state index contributed by atoms with van der Waals surface area (Å²) < 4.78 is 5.91. The van der Waals surface area contributed by atoms with Crippen LogP contribution < -0.4 is 5.32 Å². The van der Waals surface area contributed by atoms with E-state index in [-0.39, 0.29) is 11.9 Å². The number of amides is 1. The fraction of sp³-hybridized carbons (Fsp3) is 0.714. The van der Waals surface area contributed by atoms with Crippen molar-refractivity contribution in [3.8, 4) is 0 Å². The molecule has 0 aromatic carbocycles. The molecule has 0 unspecified atom stereocenters. The topological polar surface area (TPSA) is 70.2 Å². The lowest BCUT2D eigenvalue weighted by atomic mass is 10.0. The quantitative estimate of drug-likeness (QED) is 0.851. The first-order chi connectivity index (χ1) is 9.63. The van der Waals surface area contributed by atoms with Crippen molar-refractivity contribution in [1.29, 1.82) is 0 Å². The van der Waals surface area contributed by atoms with E-state index in [0.717, 1.165) is 26.1 Å². The second-order valence-corrected chi connectivity index (χ2v) is 6.12. The molecule has 3 rings (SSSR count). The van der Waals surface area contributed by atoms with E-state index in [1.807, 2.05) is 0 Å². The molecule has 0 aliphatic carbocycles. The Morgan fingerprint density at radius 1 is 1.55 bits per heavy atom. The summed E-state index contributed by atoms with van der Waals surface area (Å²) in [6, 6.07) is 0.650. The van der Waals surface area contributed by atoms with Crippen molar-refractivity contribution in [2.45, 2.75) is 38.5 Å². The molecular weight excluding hydrogens is 256 g/mol. The maximum Gasteiger partial charge on any atom is 0.254 e. The van der Waals surface area contributed by atoms with Crippen molar-refractivity contribution in [3.63, 3.8) is 0 Å². The number of morpholine rings is 1. The van der Waals surface area contributed by atoms with Gasteiger partial charge in [0.15, 0.2) is 0 Å². The number of H-pyrrole nitrogens is 1. The summed E-state index contributed by atoms with van der Waals surface area (Å²) >= 11 is 0. The van der Waals surface area contributed by atoms with E-state index < -0.39 is 0 Å². The van der Waals surface area contributed by atoms with Crippen molar-refractivity contribution in [2.24, 2.45) is 5.92 Å². The fourth-order valence-electron chi connectivity index (χ4n) is 3.05. The van der Waals surface area contributed by atoms with Crippen molar-refractivity contribution in [1.82, 2.24) is 20.4 Å². The minimum atomic E-state index is -0.0510. The number of fused-ring (bicyclic) bond motifs is 1. The molecule has 110 valence electrons. The molecular formula is C14H22N4O2. The Bertz CT molecular complexity index is 460. The van der Waals surface area contributed by atoms with Gasteiger partial charge >= 0.3 is 0 Å².